The maximum atomic E-state index is 12.4. The minimum atomic E-state index is -0.0697. The fourth-order valence-corrected chi connectivity index (χ4v) is 4.25. The maximum absolute atomic E-state index is 12.4. The van der Waals surface area contributed by atoms with Crippen molar-refractivity contribution < 1.29 is 4.79 Å². The lowest BCUT2D eigenvalue weighted by Gasteiger charge is -2.13. The van der Waals surface area contributed by atoms with Gasteiger partial charge in [-0.15, -0.1) is 0 Å². The van der Waals surface area contributed by atoms with Crippen molar-refractivity contribution in [1.29, 1.82) is 0 Å². The molecule has 1 amide bonds. The first-order valence-corrected chi connectivity index (χ1v) is 13.4. The van der Waals surface area contributed by atoms with Crippen LogP contribution in [-0.4, -0.2) is 12.5 Å². The predicted octanol–water partition coefficient (Wildman–Crippen LogP) is 8.59. The summed E-state index contributed by atoms with van der Waals surface area (Å²) in [4.78, 5) is 12.4. The van der Waals surface area contributed by atoms with Crippen LogP contribution in [0.1, 0.15) is 135 Å². The molecule has 1 aromatic carbocycles. The Kier molecular flexibility index (Phi) is 16.3. The Labute approximate surface area is 194 Å². The normalized spacial score (nSPS) is 12.3. The predicted molar refractivity (Wildman–Crippen MR) is 137 cm³/mol. The van der Waals surface area contributed by atoms with E-state index in [4.69, 9.17) is 0 Å². The van der Waals surface area contributed by atoms with Crippen LogP contribution in [0.4, 0.5) is 0 Å². The Morgan fingerprint density at radius 1 is 0.710 bits per heavy atom. The van der Waals surface area contributed by atoms with Crippen LogP contribution >= 0.6 is 0 Å². The molecule has 0 saturated heterocycles. The number of nitrogens with one attached hydrogen (secondary N) is 1. The van der Waals surface area contributed by atoms with E-state index in [1.165, 1.54) is 89.0 Å². The Hall–Kier alpha value is -1.31. The monoisotopic (exact) mass is 429 g/mol. The smallest absolute Gasteiger partial charge is 0.227 e. The molecule has 1 rings (SSSR count). The summed E-state index contributed by atoms with van der Waals surface area (Å²) in [6.45, 7) is 9.58. The molecule has 2 nitrogen and oxygen atoms in total. The number of carbonyl (C=O) groups excluding carboxylic acids is 1. The molecule has 2 heteroatoms. The summed E-state index contributed by atoms with van der Waals surface area (Å²) in [6.07, 6.45) is 20.2. The molecular weight excluding hydrogens is 378 g/mol. The van der Waals surface area contributed by atoms with E-state index in [0.29, 0.717) is 5.92 Å². The number of hydrogen-bond donors (Lipinski definition) is 1. The second-order valence-electron chi connectivity index (χ2n) is 9.95. The van der Waals surface area contributed by atoms with E-state index in [1.54, 1.807) is 0 Å². The van der Waals surface area contributed by atoms with Crippen LogP contribution in [0.3, 0.4) is 0 Å². The van der Waals surface area contributed by atoms with Crippen LogP contribution in [0.15, 0.2) is 24.3 Å². The summed E-state index contributed by atoms with van der Waals surface area (Å²) in [7, 11) is 0. The van der Waals surface area contributed by atoms with Crippen molar-refractivity contribution in [2.24, 2.45) is 5.92 Å². The van der Waals surface area contributed by atoms with Crippen molar-refractivity contribution >= 4 is 5.91 Å². The van der Waals surface area contributed by atoms with Gasteiger partial charge in [-0.3, -0.25) is 4.79 Å². The molecule has 0 aliphatic heterocycles. The average Bonchev–Trinajstić information content (AvgIpc) is 2.76. The van der Waals surface area contributed by atoms with Gasteiger partial charge in [-0.25, -0.2) is 0 Å². The maximum Gasteiger partial charge on any atom is 0.227 e. The van der Waals surface area contributed by atoms with E-state index in [0.717, 1.165) is 24.9 Å². The zero-order valence-electron chi connectivity index (χ0n) is 21.2. The molecule has 1 N–H and O–H groups in total. The quantitative estimate of drug-likeness (QED) is 0.219. The number of amides is 1. The summed E-state index contributed by atoms with van der Waals surface area (Å²) in [5, 5.41) is 3.13. The lowest BCUT2D eigenvalue weighted by Crippen LogP contribution is -2.28. The van der Waals surface area contributed by atoms with Crippen LogP contribution in [0.5, 0.6) is 0 Å². The first-order valence-electron chi connectivity index (χ1n) is 13.4. The van der Waals surface area contributed by atoms with Gasteiger partial charge in [0, 0.05) is 6.54 Å². The fraction of sp³-hybridized carbons (Fsp3) is 0.759. The van der Waals surface area contributed by atoms with E-state index in [-0.39, 0.29) is 11.8 Å². The van der Waals surface area contributed by atoms with E-state index < -0.39 is 0 Å². The van der Waals surface area contributed by atoms with Gasteiger partial charge in [-0.2, -0.15) is 0 Å². The SMILES string of the molecule is CCCCCCCCCCCCCCCCNC(=O)C(C)c1ccc(CC(C)C)cc1. The molecule has 0 fully saturated rings. The van der Waals surface area contributed by atoms with Crippen molar-refractivity contribution in [3.8, 4) is 0 Å². The van der Waals surface area contributed by atoms with Gasteiger partial charge in [0.1, 0.15) is 0 Å². The summed E-state index contributed by atoms with van der Waals surface area (Å²) in [6, 6.07) is 8.59. The lowest BCUT2D eigenvalue weighted by molar-refractivity contribution is -0.122. The van der Waals surface area contributed by atoms with Gasteiger partial charge in [0.15, 0.2) is 0 Å². The average molecular weight is 430 g/mol. The Morgan fingerprint density at radius 3 is 1.61 bits per heavy atom. The van der Waals surface area contributed by atoms with Crippen LogP contribution < -0.4 is 5.32 Å². The number of unbranched alkanes of at least 4 members (excludes halogenated alkanes) is 13. The Bertz CT molecular complexity index is 548. The molecule has 1 atom stereocenters. The number of benzene rings is 1. The Balaban J connectivity index is 1.97. The van der Waals surface area contributed by atoms with Gasteiger partial charge in [-0.1, -0.05) is 129 Å². The van der Waals surface area contributed by atoms with Crippen LogP contribution in [0.2, 0.25) is 0 Å². The summed E-state index contributed by atoms with van der Waals surface area (Å²) in [5.41, 5.74) is 2.47. The molecule has 178 valence electrons. The van der Waals surface area contributed by atoms with Gasteiger partial charge < -0.3 is 5.32 Å². The third-order valence-corrected chi connectivity index (χ3v) is 6.35. The number of hydrogen-bond acceptors (Lipinski definition) is 1. The standard InChI is InChI=1S/C29H51NO/c1-5-6-7-8-9-10-11-12-13-14-15-16-17-18-23-30-29(31)26(4)28-21-19-27(20-22-28)24-25(2)3/h19-22,25-26H,5-18,23-24H2,1-4H3,(H,30,31). The lowest BCUT2D eigenvalue weighted by atomic mass is 9.96. The molecule has 0 radical (unpaired) electrons. The summed E-state index contributed by atoms with van der Waals surface area (Å²) < 4.78 is 0. The van der Waals surface area contributed by atoms with Gasteiger partial charge in [-0.05, 0) is 36.8 Å². The first kappa shape index (κ1) is 27.7. The highest BCUT2D eigenvalue weighted by molar-refractivity contribution is 5.83. The van der Waals surface area contributed by atoms with E-state index >= 15 is 0 Å². The molecule has 0 heterocycles. The third-order valence-electron chi connectivity index (χ3n) is 6.35. The van der Waals surface area contributed by atoms with Crippen molar-refractivity contribution in [3.05, 3.63) is 35.4 Å². The molecule has 0 aromatic heterocycles. The minimum Gasteiger partial charge on any atom is -0.356 e. The second kappa shape index (κ2) is 18.3. The van der Waals surface area contributed by atoms with Crippen LogP contribution in [0.25, 0.3) is 0 Å². The van der Waals surface area contributed by atoms with Crippen molar-refractivity contribution in [3.63, 3.8) is 0 Å². The molecule has 0 spiro atoms. The van der Waals surface area contributed by atoms with Crippen LogP contribution in [0, 0.1) is 5.92 Å². The molecular formula is C29H51NO. The largest absolute Gasteiger partial charge is 0.356 e. The van der Waals surface area contributed by atoms with E-state index in [1.807, 2.05) is 6.92 Å². The topological polar surface area (TPSA) is 29.1 Å². The van der Waals surface area contributed by atoms with Gasteiger partial charge >= 0.3 is 0 Å². The first-order chi connectivity index (χ1) is 15.0. The van der Waals surface area contributed by atoms with E-state index in [9.17, 15) is 4.79 Å². The minimum absolute atomic E-state index is 0.0697. The molecule has 0 aliphatic rings. The molecule has 0 aliphatic carbocycles. The summed E-state index contributed by atoms with van der Waals surface area (Å²) in [5.74, 6) is 0.753. The van der Waals surface area contributed by atoms with Crippen molar-refractivity contribution in [2.45, 2.75) is 130 Å². The van der Waals surface area contributed by atoms with Gasteiger partial charge in [0.05, 0.1) is 5.92 Å². The van der Waals surface area contributed by atoms with Crippen LogP contribution in [-0.2, 0) is 11.2 Å². The molecule has 0 saturated carbocycles. The fourth-order valence-electron chi connectivity index (χ4n) is 4.25. The molecule has 0 bridgehead atoms. The van der Waals surface area contributed by atoms with Crippen molar-refractivity contribution in [1.82, 2.24) is 5.32 Å². The highest BCUT2D eigenvalue weighted by Crippen LogP contribution is 2.18. The number of carbonyl (C=O) groups is 1. The molecule has 31 heavy (non-hydrogen) atoms. The van der Waals surface area contributed by atoms with Gasteiger partial charge in [0.25, 0.3) is 0 Å². The summed E-state index contributed by atoms with van der Waals surface area (Å²) >= 11 is 0. The third kappa shape index (κ3) is 14.4. The van der Waals surface area contributed by atoms with E-state index in [2.05, 4.69) is 50.4 Å². The molecule has 1 aromatic rings. The number of rotatable bonds is 19. The molecule has 1 unspecified atom stereocenters. The second-order valence-corrected chi connectivity index (χ2v) is 9.95. The highest BCUT2D eigenvalue weighted by atomic mass is 16.1. The zero-order valence-corrected chi connectivity index (χ0v) is 21.2. The Morgan fingerprint density at radius 2 is 1.16 bits per heavy atom. The highest BCUT2D eigenvalue weighted by Gasteiger charge is 2.14. The van der Waals surface area contributed by atoms with Crippen molar-refractivity contribution in [2.75, 3.05) is 6.54 Å². The van der Waals surface area contributed by atoms with Gasteiger partial charge in [0.2, 0.25) is 5.91 Å². The zero-order chi connectivity index (χ0) is 22.7.